The van der Waals surface area contributed by atoms with Gasteiger partial charge in [0.15, 0.2) is 5.82 Å². The van der Waals surface area contributed by atoms with Crippen LogP contribution in [0.5, 0.6) is 6.01 Å². The van der Waals surface area contributed by atoms with Crippen molar-refractivity contribution in [3.8, 4) is 17.3 Å². The first kappa shape index (κ1) is 27.7. The van der Waals surface area contributed by atoms with E-state index in [-0.39, 0.29) is 22.8 Å². The Balaban J connectivity index is 1.29. The molecule has 3 aromatic heterocycles. The predicted molar refractivity (Wildman–Crippen MR) is 162 cm³/mol. The normalized spacial score (nSPS) is 20.5. The number of aromatic nitrogens is 5. The van der Waals surface area contributed by atoms with Crippen molar-refractivity contribution >= 4 is 39.2 Å². The van der Waals surface area contributed by atoms with Gasteiger partial charge < -0.3 is 14.4 Å². The molecule has 222 valence electrons. The van der Waals surface area contributed by atoms with E-state index in [0.29, 0.717) is 46.4 Å². The van der Waals surface area contributed by atoms with Gasteiger partial charge in [0.05, 0.1) is 29.2 Å². The van der Waals surface area contributed by atoms with Gasteiger partial charge in [-0.05, 0) is 76.1 Å². The van der Waals surface area contributed by atoms with Crippen LogP contribution in [0, 0.1) is 11.7 Å². The summed E-state index contributed by atoms with van der Waals surface area (Å²) in [6.07, 6.45) is 11.0. The Morgan fingerprint density at radius 2 is 1.95 bits per heavy atom. The maximum absolute atomic E-state index is 16.6. The Hall–Kier alpha value is -3.08. The molecule has 0 radical (unpaired) electrons. The van der Waals surface area contributed by atoms with Crippen molar-refractivity contribution in [2.24, 2.45) is 5.92 Å². The van der Waals surface area contributed by atoms with Crippen molar-refractivity contribution in [1.82, 2.24) is 30.0 Å². The lowest BCUT2D eigenvalue weighted by atomic mass is 9.95. The van der Waals surface area contributed by atoms with Crippen LogP contribution in [0.1, 0.15) is 51.9 Å². The van der Waals surface area contributed by atoms with E-state index in [1.54, 1.807) is 24.5 Å². The number of fused-ring (bicyclic) bond motifs is 3. The minimum absolute atomic E-state index is 0.0287. The van der Waals surface area contributed by atoms with Crippen LogP contribution >= 0.6 is 11.6 Å². The minimum atomic E-state index is -0.521. The number of hydrogen-bond donors (Lipinski definition) is 1. The number of piperidine rings is 1. The van der Waals surface area contributed by atoms with Gasteiger partial charge in [0.2, 0.25) is 0 Å². The number of rotatable bonds is 9. The highest BCUT2D eigenvalue weighted by Gasteiger charge is 2.45. The average molecular weight is 594 g/mol. The number of nitrogens with one attached hydrogen (secondary N) is 1. The molecule has 6 heterocycles. The van der Waals surface area contributed by atoms with Crippen LogP contribution in [0.4, 0.5) is 10.2 Å². The van der Waals surface area contributed by atoms with E-state index in [4.69, 9.17) is 26.1 Å². The molecule has 3 aliphatic heterocycles. The number of anilines is 1. The summed E-state index contributed by atoms with van der Waals surface area (Å²) >= 11 is 6.39. The monoisotopic (exact) mass is 593 g/mol. The third-order valence-corrected chi connectivity index (χ3v) is 9.44. The SMILES string of the molecule is CCCOCC1CCCN(c2nc(OCC34CCCN3CCC4)nc3c(F)c(-c4cc(Cl)cc5[nH]ncc45)ncc23)C1. The van der Waals surface area contributed by atoms with Crippen molar-refractivity contribution in [3.63, 3.8) is 0 Å². The maximum Gasteiger partial charge on any atom is 0.319 e. The van der Waals surface area contributed by atoms with Crippen LogP contribution in [0.3, 0.4) is 0 Å². The molecule has 3 fully saturated rings. The van der Waals surface area contributed by atoms with Crippen LogP contribution in [0.2, 0.25) is 5.02 Å². The molecule has 1 unspecified atom stereocenters. The molecule has 42 heavy (non-hydrogen) atoms. The number of hydrogen-bond acceptors (Lipinski definition) is 8. The highest BCUT2D eigenvalue weighted by atomic mass is 35.5. The first-order valence-corrected chi connectivity index (χ1v) is 15.6. The van der Waals surface area contributed by atoms with Crippen LogP contribution in [-0.4, -0.2) is 81.6 Å². The van der Waals surface area contributed by atoms with Gasteiger partial charge in [0.1, 0.15) is 23.6 Å². The standard InChI is InChI=1S/C31H37ClFN7O2/c1-2-12-41-18-20-6-3-9-39(17-20)29-24-15-34-27(22-13-21(32)14-25-23(22)16-35-38-25)26(33)28(24)36-30(37-29)42-19-31-7-4-10-40(31)11-5-8-31/h13-16,20H,2-12,17-19H2,1H3,(H,35,38). The fourth-order valence-corrected chi connectivity index (χ4v) is 7.39. The number of aromatic amines is 1. The Kier molecular flexibility index (Phi) is 7.62. The summed E-state index contributed by atoms with van der Waals surface area (Å²) in [6.45, 7) is 7.91. The summed E-state index contributed by atoms with van der Waals surface area (Å²) in [7, 11) is 0. The molecule has 3 aliphatic rings. The van der Waals surface area contributed by atoms with Crippen molar-refractivity contribution in [2.75, 3.05) is 50.9 Å². The fourth-order valence-electron chi connectivity index (χ4n) is 7.17. The Morgan fingerprint density at radius 1 is 1.10 bits per heavy atom. The summed E-state index contributed by atoms with van der Waals surface area (Å²) in [6, 6.07) is 3.70. The molecule has 11 heteroatoms. The van der Waals surface area contributed by atoms with Crippen molar-refractivity contribution in [2.45, 2.75) is 57.4 Å². The zero-order valence-corrected chi connectivity index (χ0v) is 24.8. The summed E-state index contributed by atoms with van der Waals surface area (Å²) in [5.41, 5.74) is 1.68. The molecular formula is C31H37ClFN7O2. The van der Waals surface area contributed by atoms with Crippen molar-refractivity contribution in [1.29, 1.82) is 0 Å². The molecule has 0 spiro atoms. The number of pyridine rings is 1. The number of nitrogens with zero attached hydrogens (tertiary/aromatic N) is 6. The largest absolute Gasteiger partial charge is 0.461 e. The van der Waals surface area contributed by atoms with Gasteiger partial charge in [-0.25, -0.2) is 4.39 Å². The fraction of sp³-hybridized carbons (Fsp3) is 0.548. The third kappa shape index (κ3) is 5.07. The molecule has 0 aliphatic carbocycles. The van der Waals surface area contributed by atoms with E-state index in [0.717, 1.165) is 70.3 Å². The zero-order valence-electron chi connectivity index (χ0n) is 24.0. The lowest BCUT2D eigenvalue weighted by Crippen LogP contribution is -2.43. The van der Waals surface area contributed by atoms with E-state index >= 15 is 4.39 Å². The third-order valence-electron chi connectivity index (χ3n) is 9.22. The Labute approximate surface area is 249 Å². The van der Waals surface area contributed by atoms with Gasteiger partial charge in [-0.3, -0.25) is 15.0 Å². The van der Waals surface area contributed by atoms with Crippen LogP contribution in [-0.2, 0) is 4.74 Å². The van der Waals surface area contributed by atoms with Gasteiger partial charge in [0.25, 0.3) is 0 Å². The second-order valence-electron chi connectivity index (χ2n) is 12.0. The van der Waals surface area contributed by atoms with Gasteiger partial charge in [0, 0.05) is 41.9 Å². The topological polar surface area (TPSA) is 92.3 Å². The molecule has 0 amide bonds. The second-order valence-corrected chi connectivity index (χ2v) is 12.5. The zero-order chi connectivity index (χ0) is 28.7. The lowest BCUT2D eigenvalue weighted by molar-refractivity contribution is 0.0938. The number of halogens is 2. The van der Waals surface area contributed by atoms with Crippen molar-refractivity contribution < 1.29 is 13.9 Å². The molecule has 1 aromatic carbocycles. The Bertz CT molecular complexity index is 1590. The smallest absolute Gasteiger partial charge is 0.319 e. The molecule has 3 saturated heterocycles. The molecule has 7 rings (SSSR count). The highest BCUT2D eigenvalue weighted by molar-refractivity contribution is 6.31. The lowest BCUT2D eigenvalue weighted by Gasteiger charge is -2.34. The van der Waals surface area contributed by atoms with Crippen LogP contribution in [0.15, 0.2) is 24.5 Å². The summed E-state index contributed by atoms with van der Waals surface area (Å²) in [5, 5.41) is 8.84. The molecular weight excluding hydrogens is 557 g/mol. The molecule has 9 nitrogen and oxygen atoms in total. The molecule has 4 aromatic rings. The number of ether oxygens (including phenoxy) is 2. The van der Waals surface area contributed by atoms with Crippen LogP contribution in [0.25, 0.3) is 33.1 Å². The van der Waals surface area contributed by atoms with E-state index in [1.807, 2.05) is 0 Å². The molecule has 1 atom stereocenters. The Morgan fingerprint density at radius 3 is 2.79 bits per heavy atom. The molecule has 0 saturated carbocycles. The first-order chi connectivity index (χ1) is 20.5. The van der Waals surface area contributed by atoms with E-state index in [2.05, 4.69) is 36.9 Å². The van der Waals surface area contributed by atoms with E-state index in [9.17, 15) is 0 Å². The summed E-state index contributed by atoms with van der Waals surface area (Å²) in [5.74, 6) is 0.522. The second kappa shape index (κ2) is 11.5. The van der Waals surface area contributed by atoms with E-state index in [1.165, 1.54) is 12.8 Å². The van der Waals surface area contributed by atoms with Gasteiger partial charge in [-0.15, -0.1) is 0 Å². The van der Waals surface area contributed by atoms with Gasteiger partial charge in [-0.2, -0.15) is 15.1 Å². The first-order valence-electron chi connectivity index (χ1n) is 15.2. The minimum Gasteiger partial charge on any atom is -0.461 e. The number of benzene rings is 1. The number of H-pyrrole nitrogens is 1. The van der Waals surface area contributed by atoms with Gasteiger partial charge in [-0.1, -0.05) is 18.5 Å². The quantitative estimate of drug-likeness (QED) is 0.236. The summed E-state index contributed by atoms with van der Waals surface area (Å²) < 4.78 is 28.8. The summed E-state index contributed by atoms with van der Waals surface area (Å²) in [4.78, 5) is 19.0. The van der Waals surface area contributed by atoms with Gasteiger partial charge >= 0.3 is 6.01 Å². The predicted octanol–water partition coefficient (Wildman–Crippen LogP) is 6.01. The van der Waals surface area contributed by atoms with E-state index < -0.39 is 5.82 Å². The van der Waals surface area contributed by atoms with Crippen molar-refractivity contribution in [3.05, 3.63) is 35.4 Å². The van der Waals surface area contributed by atoms with Crippen LogP contribution < -0.4 is 9.64 Å². The molecule has 0 bridgehead atoms. The maximum atomic E-state index is 16.6. The average Bonchev–Trinajstić information content (AvgIpc) is 3.72. The molecule has 1 N–H and O–H groups in total. The highest BCUT2D eigenvalue weighted by Crippen LogP contribution is 2.40.